The highest BCUT2D eigenvalue weighted by atomic mass is 19.1. The molecule has 5 rings (SSSR count). The Balaban J connectivity index is 1.23. The molecule has 3 heterocycles. The number of ether oxygens (including phenoxy) is 2. The molecule has 1 fully saturated rings. The number of Topliss-reactive ketones (excluding diaryl/α,β-unsaturated/α-hetero) is 1. The molecule has 0 N–H and O–H groups in total. The van der Waals surface area contributed by atoms with E-state index in [4.69, 9.17) is 9.47 Å². The molecule has 1 aliphatic heterocycles. The monoisotopic (exact) mass is 433 g/mol. The second kappa shape index (κ2) is 8.37. The first-order chi connectivity index (χ1) is 15.6. The van der Waals surface area contributed by atoms with Crippen LogP contribution in [0.2, 0.25) is 0 Å². The van der Waals surface area contributed by atoms with Crippen molar-refractivity contribution in [2.24, 2.45) is 0 Å². The predicted octanol–water partition coefficient (Wildman–Crippen LogP) is 3.51. The second-order valence-electron chi connectivity index (χ2n) is 7.74. The van der Waals surface area contributed by atoms with Gasteiger partial charge in [0.2, 0.25) is 5.88 Å². The summed E-state index contributed by atoms with van der Waals surface area (Å²) in [6.45, 7) is 0.752. The summed E-state index contributed by atoms with van der Waals surface area (Å²) in [5, 5.41) is 0. The summed E-state index contributed by atoms with van der Waals surface area (Å²) in [5.74, 6) is 0.0842. The van der Waals surface area contributed by atoms with E-state index in [2.05, 4.69) is 9.97 Å². The van der Waals surface area contributed by atoms with Gasteiger partial charge in [-0.25, -0.2) is 9.37 Å². The lowest BCUT2D eigenvalue weighted by Gasteiger charge is -2.18. The number of nitrogens with zero attached hydrogens (tertiary/aromatic N) is 3. The van der Waals surface area contributed by atoms with E-state index in [1.807, 2.05) is 12.1 Å². The summed E-state index contributed by atoms with van der Waals surface area (Å²) < 4.78 is 25.9. The topological polar surface area (TPSA) is 81.6 Å². The Hall–Kier alpha value is -3.81. The van der Waals surface area contributed by atoms with Crippen LogP contribution in [0, 0.1) is 5.82 Å². The Morgan fingerprint density at radius 2 is 1.94 bits per heavy atom. The van der Waals surface area contributed by atoms with Crippen molar-refractivity contribution in [2.75, 3.05) is 11.4 Å². The van der Waals surface area contributed by atoms with Gasteiger partial charge in [0.1, 0.15) is 18.2 Å². The van der Waals surface area contributed by atoms with Crippen LogP contribution in [0.4, 0.5) is 10.1 Å². The molecule has 2 aliphatic rings. The molecular weight excluding hydrogens is 413 g/mol. The first-order valence-corrected chi connectivity index (χ1v) is 10.4. The molecule has 0 spiro atoms. The minimum Gasteiger partial charge on any atom is -0.479 e. The fraction of sp³-hybridized carbons (Fsp3) is 0.250. The maximum atomic E-state index is 14.4. The minimum atomic E-state index is -0.701. The third-order valence-corrected chi connectivity index (χ3v) is 5.67. The van der Waals surface area contributed by atoms with E-state index < -0.39 is 11.9 Å². The average molecular weight is 433 g/mol. The van der Waals surface area contributed by atoms with E-state index in [-0.39, 0.29) is 11.7 Å². The Bertz CT molecular complexity index is 1170. The Kier molecular flexibility index (Phi) is 5.26. The number of carbonyl (C=O) groups excluding carboxylic acids is 2. The highest BCUT2D eigenvalue weighted by molar-refractivity contribution is 6.04. The Morgan fingerprint density at radius 3 is 2.72 bits per heavy atom. The van der Waals surface area contributed by atoms with E-state index in [0.717, 1.165) is 5.56 Å². The summed E-state index contributed by atoms with van der Waals surface area (Å²) >= 11 is 0. The molecule has 1 aromatic carbocycles. The number of hydrogen-bond donors (Lipinski definition) is 0. The second-order valence-corrected chi connectivity index (χ2v) is 7.74. The summed E-state index contributed by atoms with van der Waals surface area (Å²) in [6.07, 6.45) is 5.37. The number of pyridine rings is 2. The van der Waals surface area contributed by atoms with Gasteiger partial charge in [-0.2, -0.15) is 0 Å². The van der Waals surface area contributed by atoms with Crippen molar-refractivity contribution in [1.29, 1.82) is 0 Å². The zero-order valence-electron chi connectivity index (χ0n) is 17.2. The molecule has 0 unspecified atom stereocenters. The number of carbonyl (C=O) groups is 2. The molecular formula is C24H20FN3O4. The summed E-state index contributed by atoms with van der Waals surface area (Å²) in [4.78, 5) is 34.5. The molecule has 32 heavy (non-hydrogen) atoms. The molecule has 1 aliphatic carbocycles. The van der Waals surface area contributed by atoms with Crippen molar-refractivity contribution in [1.82, 2.24) is 9.97 Å². The van der Waals surface area contributed by atoms with Crippen LogP contribution in [0.5, 0.6) is 11.6 Å². The van der Waals surface area contributed by atoms with Gasteiger partial charge in [0.15, 0.2) is 11.9 Å². The van der Waals surface area contributed by atoms with Crippen LogP contribution in [0.25, 0.3) is 0 Å². The van der Waals surface area contributed by atoms with Gasteiger partial charge in [0, 0.05) is 49.1 Å². The molecule has 3 aromatic rings. The molecule has 8 heteroatoms. The van der Waals surface area contributed by atoms with E-state index in [0.29, 0.717) is 60.9 Å². The molecule has 0 radical (unpaired) electrons. The van der Waals surface area contributed by atoms with E-state index in [1.165, 1.54) is 17.2 Å². The van der Waals surface area contributed by atoms with Crippen LogP contribution >= 0.6 is 0 Å². The lowest BCUT2D eigenvalue weighted by atomic mass is 10.1. The van der Waals surface area contributed by atoms with Gasteiger partial charge in [-0.3, -0.25) is 14.6 Å². The third kappa shape index (κ3) is 3.91. The van der Waals surface area contributed by atoms with Crippen molar-refractivity contribution < 1.29 is 23.5 Å². The largest absolute Gasteiger partial charge is 0.479 e. The number of halogens is 1. The number of anilines is 1. The third-order valence-electron chi connectivity index (χ3n) is 5.67. The van der Waals surface area contributed by atoms with Gasteiger partial charge in [-0.1, -0.05) is 0 Å². The average Bonchev–Trinajstić information content (AvgIpc) is 3.37. The molecule has 1 amide bonds. The molecule has 0 saturated carbocycles. The molecule has 1 saturated heterocycles. The summed E-state index contributed by atoms with van der Waals surface area (Å²) in [7, 11) is 0. The van der Waals surface area contributed by atoms with Crippen molar-refractivity contribution >= 4 is 17.4 Å². The number of hydrogen-bond acceptors (Lipinski definition) is 6. The van der Waals surface area contributed by atoms with Crippen LogP contribution in [-0.4, -0.2) is 34.3 Å². The maximum absolute atomic E-state index is 14.4. The van der Waals surface area contributed by atoms with Crippen molar-refractivity contribution in [2.45, 2.75) is 32.0 Å². The predicted molar refractivity (Wildman–Crippen MR) is 113 cm³/mol. The SMILES string of the molecule is O=C1CCc2c(F)cc(N3CC[C@@H](Oc4ccc(OCc5ccncc5)nc4)C3=O)cc21. The molecule has 7 nitrogen and oxygen atoms in total. The quantitative estimate of drug-likeness (QED) is 0.592. The standard InChI is InChI=1S/C24H20FN3O4/c25-20-12-16(11-19-18(20)2-3-21(19)29)28-10-7-22(24(28)30)32-17-1-4-23(27-13-17)31-14-15-5-8-26-9-6-15/h1,4-6,8-9,11-13,22H,2-3,7,10,14H2/t22-/m1/s1. The fourth-order valence-electron chi connectivity index (χ4n) is 4.00. The van der Waals surface area contributed by atoms with Crippen molar-refractivity contribution in [3.63, 3.8) is 0 Å². The highest BCUT2D eigenvalue weighted by Gasteiger charge is 2.36. The number of fused-ring (bicyclic) bond motifs is 1. The summed E-state index contributed by atoms with van der Waals surface area (Å²) in [6, 6.07) is 10.0. The number of amides is 1. The maximum Gasteiger partial charge on any atom is 0.268 e. The molecule has 0 bridgehead atoms. The lowest BCUT2D eigenvalue weighted by Crippen LogP contribution is -2.32. The van der Waals surface area contributed by atoms with Gasteiger partial charge in [0.05, 0.1) is 6.20 Å². The van der Waals surface area contributed by atoms with Crippen molar-refractivity contribution in [3.05, 3.63) is 77.5 Å². The normalized spacial score (nSPS) is 17.5. The van der Waals surface area contributed by atoms with Crippen LogP contribution in [0.1, 0.15) is 34.3 Å². The highest BCUT2D eigenvalue weighted by Crippen LogP contribution is 2.32. The fourth-order valence-corrected chi connectivity index (χ4v) is 4.00. The lowest BCUT2D eigenvalue weighted by molar-refractivity contribution is -0.122. The van der Waals surface area contributed by atoms with Crippen LogP contribution in [0.3, 0.4) is 0 Å². The Morgan fingerprint density at radius 1 is 1.09 bits per heavy atom. The van der Waals surface area contributed by atoms with Crippen molar-refractivity contribution in [3.8, 4) is 11.6 Å². The van der Waals surface area contributed by atoms with Gasteiger partial charge in [0.25, 0.3) is 5.91 Å². The number of rotatable bonds is 6. The zero-order chi connectivity index (χ0) is 22.1. The number of benzene rings is 1. The minimum absolute atomic E-state index is 0.0856. The molecule has 1 atom stereocenters. The van der Waals surface area contributed by atoms with Crippen LogP contribution < -0.4 is 14.4 Å². The van der Waals surface area contributed by atoms with Gasteiger partial charge >= 0.3 is 0 Å². The molecule has 162 valence electrons. The first-order valence-electron chi connectivity index (χ1n) is 10.4. The number of ketones is 1. The van der Waals surface area contributed by atoms with Gasteiger partial charge < -0.3 is 14.4 Å². The van der Waals surface area contributed by atoms with Gasteiger partial charge in [-0.05, 0) is 47.9 Å². The number of aromatic nitrogens is 2. The van der Waals surface area contributed by atoms with Crippen LogP contribution in [0.15, 0.2) is 55.0 Å². The first kappa shape index (κ1) is 20.1. The van der Waals surface area contributed by atoms with Crippen LogP contribution in [-0.2, 0) is 17.8 Å². The van der Waals surface area contributed by atoms with E-state index in [9.17, 15) is 14.0 Å². The summed E-state index contributed by atoms with van der Waals surface area (Å²) in [5.41, 5.74) is 2.19. The molecule has 2 aromatic heterocycles. The van der Waals surface area contributed by atoms with E-state index >= 15 is 0 Å². The zero-order valence-corrected chi connectivity index (χ0v) is 17.2. The van der Waals surface area contributed by atoms with E-state index in [1.54, 1.807) is 30.6 Å². The van der Waals surface area contributed by atoms with Gasteiger partial charge in [-0.15, -0.1) is 0 Å². The smallest absolute Gasteiger partial charge is 0.268 e. The Labute approximate surface area is 183 Å².